The first-order chi connectivity index (χ1) is 9.38. The molecule has 0 atom stereocenters. The zero-order chi connectivity index (χ0) is 13.3. The third kappa shape index (κ3) is 5.02. The number of rotatable bonds is 6. The normalized spacial score (nSPS) is 17.2. The van der Waals surface area contributed by atoms with Crippen molar-refractivity contribution in [2.75, 3.05) is 39.3 Å². The van der Waals surface area contributed by atoms with Crippen LogP contribution in [-0.2, 0) is 6.42 Å². The number of piperazine rings is 1. The molecular formula is C16H23N3. The molecule has 0 N–H and O–H groups in total. The maximum Gasteiger partial charge on any atom is 0.0635 e. The van der Waals surface area contributed by atoms with Crippen molar-refractivity contribution < 1.29 is 0 Å². The van der Waals surface area contributed by atoms with Crippen molar-refractivity contribution in [3.8, 4) is 6.07 Å². The fraction of sp³-hybridized carbons (Fsp3) is 0.562. The van der Waals surface area contributed by atoms with Gasteiger partial charge in [0.1, 0.15) is 0 Å². The molecule has 0 aromatic heterocycles. The minimum absolute atomic E-state index is 0.661. The van der Waals surface area contributed by atoms with Gasteiger partial charge in [-0.1, -0.05) is 30.3 Å². The molecule has 0 aliphatic carbocycles. The molecule has 0 saturated carbocycles. The fourth-order valence-electron chi connectivity index (χ4n) is 2.60. The summed E-state index contributed by atoms with van der Waals surface area (Å²) in [7, 11) is 0. The van der Waals surface area contributed by atoms with Gasteiger partial charge in [-0.2, -0.15) is 5.26 Å². The zero-order valence-corrected chi connectivity index (χ0v) is 11.6. The van der Waals surface area contributed by atoms with Gasteiger partial charge >= 0.3 is 0 Å². The molecule has 3 nitrogen and oxygen atoms in total. The van der Waals surface area contributed by atoms with Gasteiger partial charge in [0.15, 0.2) is 0 Å². The van der Waals surface area contributed by atoms with Crippen LogP contribution in [-0.4, -0.2) is 49.1 Å². The largest absolute Gasteiger partial charge is 0.301 e. The van der Waals surface area contributed by atoms with Gasteiger partial charge in [-0.3, -0.25) is 4.90 Å². The van der Waals surface area contributed by atoms with Crippen LogP contribution in [0.3, 0.4) is 0 Å². The zero-order valence-electron chi connectivity index (χ0n) is 11.6. The Morgan fingerprint density at radius 1 is 0.947 bits per heavy atom. The third-order valence-corrected chi connectivity index (χ3v) is 3.79. The molecule has 0 bridgehead atoms. The highest BCUT2D eigenvalue weighted by Crippen LogP contribution is 2.06. The van der Waals surface area contributed by atoms with Crippen LogP contribution in [0.15, 0.2) is 30.3 Å². The summed E-state index contributed by atoms with van der Waals surface area (Å²) in [6.45, 7) is 6.68. The number of hydrogen-bond donors (Lipinski definition) is 0. The average Bonchev–Trinajstić information content (AvgIpc) is 2.47. The summed E-state index contributed by atoms with van der Waals surface area (Å²) in [6, 6.07) is 12.9. The Hall–Kier alpha value is -1.37. The van der Waals surface area contributed by atoms with E-state index >= 15 is 0 Å². The lowest BCUT2D eigenvalue weighted by Crippen LogP contribution is -2.46. The van der Waals surface area contributed by atoms with E-state index in [2.05, 4.69) is 46.2 Å². The smallest absolute Gasteiger partial charge is 0.0635 e. The van der Waals surface area contributed by atoms with Gasteiger partial charge < -0.3 is 4.90 Å². The van der Waals surface area contributed by atoms with Crippen LogP contribution in [0.1, 0.15) is 18.4 Å². The minimum Gasteiger partial charge on any atom is -0.301 e. The molecule has 1 aliphatic heterocycles. The number of aryl methyl sites for hydroxylation is 1. The van der Waals surface area contributed by atoms with E-state index in [-0.39, 0.29) is 0 Å². The highest BCUT2D eigenvalue weighted by molar-refractivity contribution is 5.14. The van der Waals surface area contributed by atoms with Crippen LogP contribution in [0.2, 0.25) is 0 Å². The van der Waals surface area contributed by atoms with Gasteiger partial charge in [0.05, 0.1) is 6.07 Å². The van der Waals surface area contributed by atoms with Crippen LogP contribution < -0.4 is 0 Å². The molecule has 1 saturated heterocycles. The van der Waals surface area contributed by atoms with E-state index in [0.717, 1.165) is 32.7 Å². The minimum atomic E-state index is 0.661. The monoisotopic (exact) mass is 257 g/mol. The molecule has 1 fully saturated rings. The van der Waals surface area contributed by atoms with Crippen LogP contribution in [0.25, 0.3) is 0 Å². The Morgan fingerprint density at radius 3 is 2.21 bits per heavy atom. The van der Waals surface area contributed by atoms with Crippen molar-refractivity contribution in [2.24, 2.45) is 0 Å². The predicted octanol–water partition coefficient (Wildman–Crippen LogP) is 2.15. The van der Waals surface area contributed by atoms with Crippen molar-refractivity contribution in [3.05, 3.63) is 35.9 Å². The third-order valence-electron chi connectivity index (χ3n) is 3.79. The predicted molar refractivity (Wildman–Crippen MR) is 77.9 cm³/mol. The Morgan fingerprint density at radius 2 is 1.58 bits per heavy atom. The van der Waals surface area contributed by atoms with Gasteiger partial charge in [-0.25, -0.2) is 0 Å². The number of nitrogens with zero attached hydrogens (tertiary/aromatic N) is 3. The lowest BCUT2D eigenvalue weighted by Gasteiger charge is -2.34. The highest BCUT2D eigenvalue weighted by Gasteiger charge is 2.15. The molecular weight excluding hydrogens is 234 g/mol. The number of nitriles is 1. The summed E-state index contributed by atoms with van der Waals surface area (Å²) >= 11 is 0. The second-order valence-corrected chi connectivity index (χ2v) is 5.18. The molecule has 0 radical (unpaired) electrons. The first-order valence-corrected chi connectivity index (χ1v) is 7.24. The fourth-order valence-corrected chi connectivity index (χ4v) is 2.60. The highest BCUT2D eigenvalue weighted by atomic mass is 15.3. The van der Waals surface area contributed by atoms with E-state index in [0.29, 0.717) is 6.42 Å². The molecule has 102 valence electrons. The van der Waals surface area contributed by atoms with Crippen molar-refractivity contribution in [2.45, 2.75) is 19.3 Å². The molecule has 1 heterocycles. The lowest BCUT2D eigenvalue weighted by molar-refractivity contribution is 0.133. The van der Waals surface area contributed by atoms with E-state index in [1.807, 2.05) is 0 Å². The van der Waals surface area contributed by atoms with Crippen LogP contribution in [0, 0.1) is 11.3 Å². The number of hydrogen-bond acceptors (Lipinski definition) is 3. The van der Waals surface area contributed by atoms with E-state index < -0.39 is 0 Å². The molecule has 1 aromatic carbocycles. The maximum absolute atomic E-state index is 8.59. The first-order valence-electron chi connectivity index (χ1n) is 7.24. The van der Waals surface area contributed by atoms with Crippen molar-refractivity contribution in [1.29, 1.82) is 5.26 Å². The molecule has 0 spiro atoms. The maximum atomic E-state index is 8.59. The van der Waals surface area contributed by atoms with Crippen LogP contribution in [0.5, 0.6) is 0 Å². The summed E-state index contributed by atoms with van der Waals surface area (Å²) in [4.78, 5) is 4.95. The van der Waals surface area contributed by atoms with Crippen molar-refractivity contribution in [3.63, 3.8) is 0 Å². The summed E-state index contributed by atoms with van der Waals surface area (Å²) in [6.07, 6.45) is 3.08. The van der Waals surface area contributed by atoms with Gasteiger partial charge in [0.25, 0.3) is 0 Å². The average molecular weight is 257 g/mol. The van der Waals surface area contributed by atoms with E-state index in [1.165, 1.54) is 24.9 Å². The number of benzene rings is 1. The summed E-state index contributed by atoms with van der Waals surface area (Å²) in [5.74, 6) is 0. The van der Waals surface area contributed by atoms with Crippen LogP contribution in [0.4, 0.5) is 0 Å². The quantitative estimate of drug-likeness (QED) is 0.782. The molecule has 0 unspecified atom stereocenters. The molecule has 1 aromatic rings. The van der Waals surface area contributed by atoms with E-state index in [4.69, 9.17) is 5.26 Å². The molecule has 1 aliphatic rings. The lowest BCUT2D eigenvalue weighted by atomic mass is 10.1. The molecule has 3 heteroatoms. The second kappa shape index (κ2) is 7.93. The van der Waals surface area contributed by atoms with E-state index in [1.54, 1.807) is 0 Å². The molecule has 0 amide bonds. The Kier molecular flexibility index (Phi) is 5.87. The summed E-state index contributed by atoms with van der Waals surface area (Å²) < 4.78 is 0. The summed E-state index contributed by atoms with van der Waals surface area (Å²) in [5.41, 5.74) is 1.44. The Labute approximate surface area is 116 Å². The van der Waals surface area contributed by atoms with Gasteiger partial charge in [0, 0.05) is 39.1 Å². The van der Waals surface area contributed by atoms with Crippen molar-refractivity contribution >= 4 is 0 Å². The first kappa shape index (κ1) is 14.0. The standard InChI is InChI=1S/C16H23N3/c17-9-5-11-19-14-12-18(13-15-19)10-4-8-16-6-2-1-3-7-16/h1-3,6-7H,4-5,8,10-15H2. The van der Waals surface area contributed by atoms with Gasteiger partial charge in [0.2, 0.25) is 0 Å². The van der Waals surface area contributed by atoms with Gasteiger partial charge in [-0.05, 0) is 24.9 Å². The Bertz CT molecular complexity index is 388. The van der Waals surface area contributed by atoms with E-state index in [9.17, 15) is 0 Å². The Balaban J connectivity index is 1.60. The van der Waals surface area contributed by atoms with Crippen molar-refractivity contribution in [1.82, 2.24) is 9.80 Å². The van der Waals surface area contributed by atoms with Gasteiger partial charge in [-0.15, -0.1) is 0 Å². The second-order valence-electron chi connectivity index (χ2n) is 5.18. The van der Waals surface area contributed by atoms with Crippen LogP contribution >= 0.6 is 0 Å². The summed E-state index contributed by atoms with van der Waals surface area (Å²) in [5, 5.41) is 8.59. The molecule has 19 heavy (non-hydrogen) atoms. The SMILES string of the molecule is N#CCCN1CCN(CCCc2ccccc2)CC1. The topological polar surface area (TPSA) is 30.3 Å². The molecule has 2 rings (SSSR count).